The van der Waals surface area contributed by atoms with Crippen molar-refractivity contribution in [3.8, 4) is 11.3 Å². The van der Waals surface area contributed by atoms with Gasteiger partial charge in [-0.05, 0) is 49.7 Å². The molecule has 2 aromatic heterocycles. The van der Waals surface area contributed by atoms with Crippen molar-refractivity contribution in [1.29, 1.82) is 0 Å². The van der Waals surface area contributed by atoms with E-state index in [1.54, 1.807) is 17.4 Å². The largest absolute Gasteiger partial charge is 0.374 e. The lowest BCUT2D eigenvalue weighted by molar-refractivity contribution is -0.117. The molecule has 7 nitrogen and oxygen atoms in total. The molecule has 0 spiro atoms. The van der Waals surface area contributed by atoms with E-state index in [0.717, 1.165) is 44.0 Å². The lowest BCUT2D eigenvalue weighted by Gasteiger charge is -2.18. The summed E-state index contributed by atoms with van der Waals surface area (Å²) in [5.41, 5.74) is 4.15. The van der Waals surface area contributed by atoms with E-state index < -0.39 is 0 Å². The lowest BCUT2D eigenvalue weighted by atomic mass is 10.0. The summed E-state index contributed by atoms with van der Waals surface area (Å²) in [5.74, 6) is 0.0564. The number of nitrogens with zero attached hydrogens (tertiary/aromatic N) is 3. The zero-order valence-corrected chi connectivity index (χ0v) is 19.2. The van der Waals surface area contributed by atoms with Gasteiger partial charge in [-0.15, -0.1) is 11.3 Å². The average molecular weight is 468 g/mol. The number of rotatable bonds is 4. The second kappa shape index (κ2) is 8.07. The fourth-order valence-electron chi connectivity index (χ4n) is 4.54. The number of hydrogen-bond donors (Lipinski definition) is 2. The van der Waals surface area contributed by atoms with Crippen molar-refractivity contribution in [1.82, 2.24) is 15.2 Å². The highest BCUT2D eigenvalue weighted by Gasteiger charge is 2.32. The first-order valence-corrected chi connectivity index (χ1v) is 11.9. The maximum absolute atomic E-state index is 13.1. The van der Waals surface area contributed by atoms with Crippen LogP contribution in [0.5, 0.6) is 0 Å². The van der Waals surface area contributed by atoms with Crippen LogP contribution in [0.2, 0.25) is 0 Å². The van der Waals surface area contributed by atoms with Crippen LogP contribution in [0.15, 0.2) is 71.5 Å². The van der Waals surface area contributed by atoms with Crippen molar-refractivity contribution < 1.29 is 4.79 Å². The van der Waals surface area contributed by atoms with Crippen molar-refractivity contribution >= 4 is 49.6 Å². The SMILES string of the molecule is Cc1nc2ccc(NC3CCN(c4ccc(-c5n[nH]c(=O)c6ccccc56)cc4)C3=O)cc2s1. The summed E-state index contributed by atoms with van der Waals surface area (Å²) in [7, 11) is 0. The highest BCUT2D eigenvalue weighted by atomic mass is 32.1. The number of carbonyl (C=O) groups is 1. The van der Waals surface area contributed by atoms with Gasteiger partial charge in [-0.25, -0.2) is 10.1 Å². The van der Waals surface area contributed by atoms with Crippen LogP contribution in [0.3, 0.4) is 0 Å². The Kier molecular flexibility index (Phi) is 4.88. The van der Waals surface area contributed by atoms with Crippen molar-refractivity contribution in [2.75, 3.05) is 16.8 Å². The van der Waals surface area contributed by atoms with E-state index in [-0.39, 0.29) is 17.5 Å². The Morgan fingerprint density at radius 2 is 1.82 bits per heavy atom. The number of hydrogen-bond acceptors (Lipinski definition) is 6. The molecule has 3 heterocycles. The summed E-state index contributed by atoms with van der Waals surface area (Å²) < 4.78 is 1.11. The van der Waals surface area contributed by atoms with Gasteiger partial charge >= 0.3 is 0 Å². The number of aromatic nitrogens is 3. The first-order chi connectivity index (χ1) is 16.6. The van der Waals surface area contributed by atoms with E-state index in [4.69, 9.17) is 0 Å². The van der Waals surface area contributed by atoms with Gasteiger partial charge in [0.2, 0.25) is 5.91 Å². The zero-order valence-electron chi connectivity index (χ0n) is 18.4. The molecule has 2 N–H and O–H groups in total. The van der Waals surface area contributed by atoms with Crippen LogP contribution in [-0.2, 0) is 4.79 Å². The van der Waals surface area contributed by atoms with Crippen LogP contribution in [0.25, 0.3) is 32.2 Å². The second-order valence-corrected chi connectivity index (χ2v) is 9.62. The number of H-pyrrole nitrogens is 1. The minimum atomic E-state index is -0.268. The predicted octanol–water partition coefficient (Wildman–Crippen LogP) is 4.73. The number of aromatic amines is 1. The summed E-state index contributed by atoms with van der Waals surface area (Å²) in [6.07, 6.45) is 0.729. The van der Waals surface area contributed by atoms with E-state index in [0.29, 0.717) is 17.6 Å². The number of amides is 1. The van der Waals surface area contributed by atoms with Gasteiger partial charge in [-0.1, -0.05) is 30.3 Å². The summed E-state index contributed by atoms with van der Waals surface area (Å²) in [6, 6.07) is 20.9. The van der Waals surface area contributed by atoms with E-state index >= 15 is 0 Å². The summed E-state index contributed by atoms with van der Waals surface area (Å²) in [6.45, 7) is 2.65. The topological polar surface area (TPSA) is 91.0 Å². The molecule has 168 valence electrons. The molecule has 1 unspecified atom stereocenters. The number of nitrogens with one attached hydrogen (secondary N) is 2. The highest BCUT2D eigenvalue weighted by Crippen LogP contribution is 2.30. The molecule has 5 aromatic rings. The Labute approximate surface area is 199 Å². The molecule has 1 aliphatic rings. The third-order valence-electron chi connectivity index (χ3n) is 6.19. The van der Waals surface area contributed by atoms with Gasteiger partial charge in [-0.2, -0.15) is 5.10 Å². The van der Waals surface area contributed by atoms with Crippen molar-refractivity contribution in [3.05, 3.63) is 82.1 Å². The summed E-state index contributed by atoms with van der Waals surface area (Å²) in [4.78, 5) is 31.5. The molecule has 1 aliphatic heterocycles. The van der Waals surface area contributed by atoms with E-state index in [9.17, 15) is 9.59 Å². The van der Waals surface area contributed by atoms with Crippen molar-refractivity contribution in [3.63, 3.8) is 0 Å². The second-order valence-electron chi connectivity index (χ2n) is 8.38. The van der Waals surface area contributed by atoms with Crippen molar-refractivity contribution in [2.45, 2.75) is 19.4 Å². The Bertz CT molecular complexity index is 1610. The molecule has 1 saturated heterocycles. The molecule has 1 fully saturated rings. The Morgan fingerprint density at radius 1 is 1.03 bits per heavy atom. The summed E-state index contributed by atoms with van der Waals surface area (Å²) >= 11 is 1.65. The van der Waals surface area contributed by atoms with Crippen LogP contribution in [0.4, 0.5) is 11.4 Å². The number of carbonyl (C=O) groups excluding carboxylic acids is 1. The van der Waals surface area contributed by atoms with E-state index in [2.05, 4.69) is 26.6 Å². The third kappa shape index (κ3) is 3.52. The monoisotopic (exact) mass is 467 g/mol. The normalized spacial score (nSPS) is 16.0. The fourth-order valence-corrected chi connectivity index (χ4v) is 5.40. The number of benzene rings is 3. The Balaban J connectivity index is 1.22. The fraction of sp³-hybridized carbons (Fsp3) is 0.154. The maximum atomic E-state index is 13.1. The van der Waals surface area contributed by atoms with Crippen LogP contribution in [-0.4, -0.2) is 33.7 Å². The first-order valence-electron chi connectivity index (χ1n) is 11.1. The molecule has 34 heavy (non-hydrogen) atoms. The van der Waals surface area contributed by atoms with Crippen LogP contribution in [0, 0.1) is 6.92 Å². The van der Waals surface area contributed by atoms with Crippen molar-refractivity contribution in [2.24, 2.45) is 0 Å². The Morgan fingerprint density at radius 3 is 2.65 bits per heavy atom. The molecule has 0 aliphatic carbocycles. The molecule has 3 aromatic carbocycles. The molecular formula is C26H21N5O2S. The highest BCUT2D eigenvalue weighted by molar-refractivity contribution is 7.18. The van der Waals surface area contributed by atoms with Gasteiger partial charge in [-0.3, -0.25) is 9.59 Å². The van der Waals surface area contributed by atoms with Gasteiger partial charge in [0.15, 0.2) is 0 Å². The van der Waals surface area contributed by atoms with E-state index in [1.165, 1.54) is 0 Å². The third-order valence-corrected chi connectivity index (χ3v) is 7.12. The predicted molar refractivity (Wildman–Crippen MR) is 137 cm³/mol. The molecule has 0 radical (unpaired) electrons. The number of aryl methyl sites for hydroxylation is 1. The quantitative estimate of drug-likeness (QED) is 0.399. The van der Waals surface area contributed by atoms with Crippen LogP contribution >= 0.6 is 11.3 Å². The smallest absolute Gasteiger partial charge is 0.272 e. The Hall–Kier alpha value is -4.04. The molecule has 6 rings (SSSR count). The number of fused-ring (bicyclic) bond motifs is 2. The molecular weight excluding hydrogens is 446 g/mol. The minimum Gasteiger partial charge on any atom is -0.374 e. The van der Waals surface area contributed by atoms with Crippen LogP contribution < -0.4 is 15.8 Å². The van der Waals surface area contributed by atoms with Gasteiger partial charge in [0.25, 0.3) is 5.56 Å². The first kappa shape index (κ1) is 20.6. The molecule has 8 heteroatoms. The standard InChI is InChI=1S/C26H21N5O2S/c1-15-27-21-11-8-17(14-23(21)34-15)28-22-12-13-31(26(22)33)18-9-6-16(7-10-18)24-19-4-2-3-5-20(19)25(32)30-29-24/h2-11,14,22,28H,12-13H2,1H3,(H,30,32). The molecule has 1 amide bonds. The van der Waals surface area contributed by atoms with Crippen LogP contribution in [0.1, 0.15) is 11.4 Å². The van der Waals surface area contributed by atoms with Gasteiger partial charge in [0, 0.05) is 28.9 Å². The van der Waals surface area contributed by atoms with Gasteiger partial charge in [0.1, 0.15) is 6.04 Å². The zero-order chi connectivity index (χ0) is 23.2. The lowest BCUT2D eigenvalue weighted by Crippen LogP contribution is -2.33. The molecule has 1 atom stereocenters. The number of anilines is 2. The average Bonchev–Trinajstić information content (AvgIpc) is 3.41. The number of thiazole rings is 1. The molecule has 0 saturated carbocycles. The molecule has 0 bridgehead atoms. The van der Waals surface area contributed by atoms with Gasteiger partial charge < -0.3 is 10.2 Å². The minimum absolute atomic E-state index is 0.0564. The maximum Gasteiger partial charge on any atom is 0.272 e. The summed E-state index contributed by atoms with van der Waals surface area (Å²) in [5, 5.41) is 12.7. The van der Waals surface area contributed by atoms with E-state index in [1.807, 2.05) is 66.4 Å². The van der Waals surface area contributed by atoms with Gasteiger partial charge in [0.05, 0.1) is 26.3 Å².